The van der Waals surface area contributed by atoms with Crippen molar-refractivity contribution in [1.82, 2.24) is 19.6 Å². The third kappa shape index (κ3) is 6.18. The highest BCUT2D eigenvalue weighted by atomic mass is 32.2. The van der Waals surface area contributed by atoms with Crippen LogP contribution in [0, 0.1) is 11.3 Å². The molecule has 0 spiro atoms. The fourth-order valence-corrected chi connectivity index (χ4v) is 4.89. The molecule has 4 rings (SSSR count). The second-order valence-electron chi connectivity index (χ2n) is 7.93. The number of aromatic nitrogens is 2. The van der Waals surface area contributed by atoms with Crippen LogP contribution in [0.1, 0.15) is 32.9 Å². The average Bonchev–Trinajstić information content (AvgIpc) is 2.93. The van der Waals surface area contributed by atoms with E-state index in [4.69, 9.17) is 5.26 Å². The van der Waals surface area contributed by atoms with Crippen molar-refractivity contribution in [2.75, 3.05) is 0 Å². The Morgan fingerprint density at radius 3 is 2.06 bits per heavy atom. The van der Waals surface area contributed by atoms with E-state index in [9.17, 15) is 13.2 Å². The van der Waals surface area contributed by atoms with Crippen LogP contribution in [0.25, 0.3) is 0 Å². The fraction of sp³-hybridized carbons (Fsp3) is 0.111. The first-order chi connectivity index (χ1) is 17.5. The van der Waals surface area contributed by atoms with Crippen LogP contribution in [-0.2, 0) is 29.7 Å². The Morgan fingerprint density at radius 1 is 0.833 bits per heavy atom. The van der Waals surface area contributed by atoms with E-state index in [2.05, 4.69) is 15.3 Å². The van der Waals surface area contributed by atoms with Gasteiger partial charge in [0.05, 0.1) is 41.0 Å². The molecule has 0 aliphatic rings. The lowest BCUT2D eigenvalue weighted by Gasteiger charge is -2.22. The topological polar surface area (TPSA) is 116 Å². The van der Waals surface area contributed by atoms with E-state index in [1.807, 2.05) is 24.3 Å². The molecule has 2 heterocycles. The first-order valence-corrected chi connectivity index (χ1v) is 12.6. The van der Waals surface area contributed by atoms with Gasteiger partial charge in [0.15, 0.2) is 0 Å². The van der Waals surface area contributed by atoms with Gasteiger partial charge in [-0.05, 0) is 66.2 Å². The number of rotatable bonds is 9. The summed E-state index contributed by atoms with van der Waals surface area (Å²) in [6.45, 7) is 0.451. The van der Waals surface area contributed by atoms with Crippen molar-refractivity contribution < 1.29 is 13.2 Å². The molecule has 2 aromatic heterocycles. The predicted octanol–water partition coefficient (Wildman–Crippen LogP) is 3.67. The molecule has 0 fully saturated rings. The van der Waals surface area contributed by atoms with Crippen molar-refractivity contribution in [3.63, 3.8) is 0 Å². The Bertz CT molecular complexity index is 1450. The van der Waals surface area contributed by atoms with Gasteiger partial charge in [0.25, 0.3) is 5.91 Å². The minimum Gasteiger partial charge on any atom is -0.346 e. The number of pyridine rings is 2. The van der Waals surface area contributed by atoms with E-state index in [-0.39, 0.29) is 23.9 Å². The van der Waals surface area contributed by atoms with Crippen LogP contribution < -0.4 is 5.32 Å². The van der Waals surface area contributed by atoms with Gasteiger partial charge in [0.2, 0.25) is 10.0 Å². The molecule has 0 aliphatic heterocycles. The zero-order valence-corrected chi connectivity index (χ0v) is 20.1. The van der Waals surface area contributed by atoms with Gasteiger partial charge in [-0.1, -0.05) is 24.3 Å². The van der Waals surface area contributed by atoms with Crippen LogP contribution in [0.4, 0.5) is 0 Å². The van der Waals surface area contributed by atoms with E-state index in [0.717, 1.165) is 5.69 Å². The van der Waals surface area contributed by atoms with Gasteiger partial charge < -0.3 is 5.32 Å². The monoisotopic (exact) mass is 497 g/mol. The first-order valence-electron chi connectivity index (χ1n) is 11.1. The lowest BCUT2D eigenvalue weighted by molar-refractivity contribution is 0.0950. The summed E-state index contributed by atoms with van der Waals surface area (Å²) in [4.78, 5) is 21.1. The van der Waals surface area contributed by atoms with Gasteiger partial charge in [-0.15, -0.1) is 0 Å². The maximum Gasteiger partial charge on any atom is 0.251 e. The Balaban J connectivity index is 1.52. The van der Waals surface area contributed by atoms with Gasteiger partial charge in [-0.2, -0.15) is 9.57 Å². The summed E-state index contributed by atoms with van der Waals surface area (Å²) in [6, 6.07) is 25.4. The third-order valence-electron chi connectivity index (χ3n) is 5.42. The van der Waals surface area contributed by atoms with Gasteiger partial charge in [0, 0.05) is 24.5 Å². The van der Waals surface area contributed by atoms with Crippen LogP contribution in [0.5, 0.6) is 0 Å². The molecule has 1 amide bonds. The number of nitrogens with zero attached hydrogens (tertiary/aromatic N) is 4. The number of carbonyl (C=O) groups is 1. The molecule has 1 N–H and O–H groups in total. The van der Waals surface area contributed by atoms with Crippen LogP contribution in [0.3, 0.4) is 0 Å². The summed E-state index contributed by atoms with van der Waals surface area (Å²) in [5.74, 6) is -0.247. The lowest BCUT2D eigenvalue weighted by atomic mass is 10.1. The zero-order valence-electron chi connectivity index (χ0n) is 19.3. The molecule has 0 unspecified atom stereocenters. The lowest BCUT2D eigenvalue weighted by Crippen LogP contribution is -2.30. The minimum atomic E-state index is -3.89. The van der Waals surface area contributed by atoms with Crippen LogP contribution in [0.15, 0.2) is 102 Å². The summed E-state index contributed by atoms with van der Waals surface area (Å²) in [6.07, 6.45) is 3.28. The molecule has 0 saturated heterocycles. The molecule has 4 aromatic rings. The summed E-state index contributed by atoms with van der Waals surface area (Å²) in [5.41, 5.74) is 2.90. The first kappa shape index (κ1) is 24.7. The molecular weight excluding hydrogens is 474 g/mol. The van der Waals surface area contributed by atoms with Gasteiger partial charge >= 0.3 is 0 Å². The predicted molar refractivity (Wildman–Crippen MR) is 134 cm³/mol. The molecule has 2 aromatic carbocycles. The summed E-state index contributed by atoms with van der Waals surface area (Å²) < 4.78 is 28.3. The fourth-order valence-electron chi connectivity index (χ4n) is 3.49. The van der Waals surface area contributed by atoms with E-state index in [1.54, 1.807) is 54.9 Å². The number of carbonyl (C=O) groups excluding carboxylic acids is 1. The molecule has 0 aliphatic carbocycles. The molecule has 9 heteroatoms. The number of sulfonamides is 1. The highest BCUT2D eigenvalue weighted by Crippen LogP contribution is 2.21. The van der Waals surface area contributed by atoms with Crippen molar-refractivity contribution in [2.45, 2.75) is 24.5 Å². The normalized spacial score (nSPS) is 11.1. The Morgan fingerprint density at radius 2 is 1.47 bits per heavy atom. The van der Waals surface area contributed by atoms with E-state index < -0.39 is 10.0 Å². The van der Waals surface area contributed by atoms with E-state index >= 15 is 0 Å². The molecular formula is C27H23N5O3S. The van der Waals surface area contributed by atoms with Gasteiger partial charge in [0.1, 0.15) is 0 Å². The average molecular weight is 498 g/mol. The Kier molecular flexibility index (Phi) is 7.80. The summed E-state index contributed by atoms with van der Waals surface area (Å²) in [7, 11) is -3.89. The highest BCUT2D eigenvalue weighted by Gasteiger charge is 2.25. The number of hydrogen-bond donors (Lipinski definition) is 1. The quantitative estimate of drug-likeness (QED) is 0.377. The molecule has 0 bridgehead atoms. The summed E-state index contributed by atoms with van der Waals surface area (Å²) >= 11 is 0. The van der Waals surface area contributed by atoms with Crippen molar-refractivity contribution in [1.29, 1.82) is 5.26 Å². The van der Waals surface area contributed by atoms with E-state index in [1.165, 1.54) is 28.6 Å². The van der Waals surface area contributed by atoms with Crippen molar-refractivity contribution in [2.24, 2.45) is 0 Å². The Labute approximate surface area is 209 Å². The Hall–Kier alpha value is -4.39. The van der Waals surface area contributed by atoms with Crippen molar-refractivity contribution in [3.05, 3.63) is 125 Å². The minimum absolute atomic E-state index is 0.0650. The summed E-state index contributed by atoms with van der Waals surface area (Å²) in [5, 5.41) is 11.9. The molecule has 180 valence electrons. The van der Waals surface area contributed by atoms with Crippen LogP contribution >= 0.6 is 0 Å². The number of benzene rings is 2. The smallest absolute Gasteiger partial charge is 0.251 e. The number of amides is 1. The largest absolute Gasteiger partial charge is 0.346 e. The number of nitrogens with one attached hydrogen (secondary N) is 1. The maximum absolute atomic E-state index is 13.5. The SMILES string of the molecule is N#Cc1ccc(S(=O)(=O)N(Cc2ccc(C(=O)NCc3ccccn3)cc2)Cc2ccccn2)cc1. The maximum atomic E-state index is 13.5. The van der Waals surface area contributed by atoms with Crippen LogP contribution in [-0.4, -0.2) is 28.6 Å². The molecule has 0 saturated carbocycles. The number of nitriles is 1. The number of hydrogen-bond acceptors (Lipinski definition) is 6. The van der Waals surface area contributed by atoms with E-state index in [0.29, 0.717) is 28.9 Å². The van der Waals surface area contributed by atoms with Gasteiger partial charge in [-0.25, -0.2) is 8.42 Å². The second-order valence-corrected chi connectivity index (χ2v) is 9.87. The molecule has 0 radical (unpaired) electrons. The van der Waals surface area contributed by atoms with Crippen molar-refractivity contribution >= 4 is 15.9 Å². The molecule has 36 heavy (non-hydrogen) atoms. The van der Waals surface area contributed by atoms with Gasteiger partial charge in [-0.3, -0.25) is 14.8 Å². The second kappa shape index (κ2) is 11.4. The third-order valence-corrected chi connectivity index (χ3v) is 7.22. The van der Waals surface area contributed by atoms with Crippen molar-refractivity contribution in [3.8, 4) is 6.07 Å². The molecule has 8 nitrogen and oxygen atoms in total. The molecule has 0 atom stereocenters. The standard InChI is InChI=1S/C27H23N5O3S/c28-17-21-9-13-26(14-10-21)36(34,35)32(20-25-6-2-4-16-30-25)19-22-7-11-23(12-8-22)27(33)31-18-24-5-1-3-15-29-24/h1-16H,18-20H2,(H,31,33). The van der Waals surface area contributed by atoms with Crippen LogP contribution in [0.2, 0.25) is 0 Å². The zero-order chi connectivity index (χ0) is 25.4. The highest BCUT2D eigenvalue weighted by molar-refractivity contribution is 7.89.